The molecule has 0 saturated heterocycles. The van der Waals surface area contributed by atoms with E-state index in [0.717, 1.165) is 40.5 Å². The predicted molar refractivity (Wildman–Crippen MR) is 510 cm³/mol. The fourth-order valence-electron chi connectivity index (χ4n) is 31.4. The summed E-state index contributed by atoms with van der Waals surface area (Å²) in [6.45, 7) is 0. The minimum Gasteiger partial charge on any atom is -0.360 e. The minimum absolute atomic E-state index is 0.0111. The van der Waals surface area contributed by atoms with Gasteiger partial charge in [-0.2, -0.15) is 4.57 Å². The molecule has 3 spiro atoms. The van der Waals surface area contributed by atoms with Crippen LogP contribution < -0.4 is 53.2 Å². The average Bonchev–Trinajstić information content (AvgIpc) is 1.46. The van der Waals surface area contributed by atoms with Crippen LogP contribution in [0, 0.1) is 0 Å². The molecule has 11 unspecified atom stereocenters. The van der Waals surface area contributed by atoms with E-state index in [0.29, 0.717) is 0 Å². The first kappa shape index (κ1) is 65.4. The van der Waals surface area contributed by atoms with Crippen molar-refractivity contribution in [1.82, 2.24) is 38.0 Å². The molecule has 0 fully saturated rings. The van der Waals surface area contributed by atoms with Crippen molar-refractivity contribution in [2.24, 2.45) is 15.0 Å². The van der Waals surface area contributed by atoms with E-state index in [-0.39, 0.29) is 48.0 Å². The van der Waals surface area contributed by atoms with Crippen molar-refractivity contribution in [2.45, 2.75) is 72.1 Å². The summed E-state index contributed by atoms with van der Waals surface area (Å²) in [6, 6.07) is 124. The lowest BCUT2D eigenvalue weighted by Gasteiger charge is -2.39. The summed E-state index contributed by atoms with van der Waals surface area (Å²) in [7, 11) is 0. The Kier molecular flexibility index (Phi) is 9.90. The highest BCUT2D eigenvalue weighted by atomic mass is 15.7. The number of aromatic nitrogens is 11. The smallest absolute Gasteiger partial charge is 0.360 e. The minimum atomic E-state index is -0.857. The Balaban J connectivity index is 0.537. The van der Waals surface area contributed by atoms with Crippen molar-refractivity contribution in [3.63, 3.8) is 0 Å². The number of allylic oxidation sites excluding steroid dienone is 1. The molecule has 0 bridgehead atoms. The van der Waals surface area contributed by atoms with E-state index in [1.165, 1.54) is 257 Å². The molecule has 10 aromatic carbocycles. The Bertz CT molecular complexity index is 9780. The molecule has 17 nitrogen and oxygen atoms in total. The van der Waals surface area contributed by atoms with E-state index in [9.17, 15) is 0 Å². The van der Waals surface area contributed by atoms with Gasteiger partial charge < -0.3 is 10.6 Å². The first-order valence-corrected chi connectivity index (χ1v) is 47.9. The van der Waals surface area contributed by atoms with Gasteiger partial charge in [0.25, 0.3) is 34.2 Å². The van der Waals surface area contributed by atoms with Crippen LogP contribution in [0.1, 0.15) is 150 Å². The zero-order valence-electron chi connectivity index (χ0n) is 71.7. The SMILES string of the molecule is C1=c2cccc3c2=[N+]2C1=C(c1ccccc1)c1cc4cccc5c4n1C21[n+]2c-5ccc4c2-c2c(ccc-3[n+]21)C1N=C(c2cc(C3=NC5c6ccc7[n+]8c6-c6c(ccc9[n+]6C86n8c(cc%10cccc-7c%108)C(c7ccccc7)c7cc8cccc-9c8n76)C5N3)cc(C3=NC5c6ccc7[n+]8c6-c6c(ccc9[n+]6C86n8c(cc%10cccc-7c%108)C(c7ccccc7)c7cc8cccc-9c8n76)C5N3)c2)CC41. The number of aliphatic imine (C=N–C) groups is 3. The average molecular weight is 1720 g/mol. The van der Waals surface area contributed by atoms with Crippen molar-refractivity contribution < 1.29 is 27.4 Å². The number of nitrogens with one attached hydrogen (secondary N) is 2. The van der Waals surface area contributed by atoms with E-state index < -0.39 is 17.7 Å². The van der Waals surface area contributed by atoms with Crippen molar-refractivity contribution in [3.8, 4) is 102 Å². The van der Waals surface area contributed by atoms with Crippen LogP contribution in [0.25, 0.3) is 168 Å². The Morgan fingerprint density at radius 2 is 0.681 bits per heavy atom. The number of rotatable bonds is 6. The molecule has 135 heavy (non-hydrogen) atoms. The maximum atomic E-state index is 6.34. The lowest BCUT2D eigenvalue weighted by atomic mass is 9.78. The molecule has 11 aromatic heterocycles. The molecule has 0 saturated carbocycles. The fourth-order valence-corrected chi connectivity index (χ4v) is 31.4. The van der Waals surface area contributed by atoms with Crippen LogP contribution in [0.3, 0.4) is 0 Å². The van der Waals surface area contributed by atoms with Crippen LogP contribution in [0.5, 0.6) is 0 Å². The van der Waals surface area contributed by atoms with E-state index >= 15 is 0 Å². The second-order valence-corrected chi connectivity index (χ2v) is 40.9. The van der Waals surface area contributed by atoms with Gasteiger partial charge in [-0.25, -0.2) is 18.3 Å². The zero-order valence-corrected chi connectivity index (χ0v) is 71.7. The molecular formula is C118H66N17+7. The Hall–Kier alpha value is -17.2. The number of nitrogens with zero attached hydrogens (tertiary/aromatic N) is 15. The van der Waals surface area contributed by atoms with E-state index in [2.05, 4.69) is 393 Å². The van der Waals surface area contributed by atoms with Crippen molar-refractivity contribution >= 4 is 83.5 Å². The van der Waals surface area contributed by atoms with Gasteiger partial charge in [-0.15, -0.1) is 0 Å². The number of para-hydroxylation sites is 6. The standard InChI is InChI=1S/C118H66N17/c1-4-16-56(17-5-1)94-88-49-59-22-10-28-69-82-40-34-68-80-55-81(119-97(80)75-35-41-83-70-29-11-23-60-50-89(94)131(103(60)70)116(130(88)102(59)69)124(82)108(68)109(75)125(83)116)65-46-66(114-120-98-76-36-42-84-71-30-12-24-61-51-90-95(57-18-6-2-7-19-57)91-52-62-25-13-31-72-85-43-37-77(99(98)121-114)111-110(76)126(84)117(127(85)111,132(90)104(61)71)133(91)105(62)72)48-67(47-65)115-122-100-78-38-44-86-73-32-14-26-63-53-92-96(58-20-8-3-9-21-58)93-54-64-27-15-33-74-87-45-39-79(101(100)123-115)113-112(78)128(86)118(129(87)113,134(92)106(63)73)135(93)107(64)74/h1-54,80,95-101H,55H2,(H,120,121)(H,122,123)/q+7. The van der Waals surface area contributed by atoms with Crippen LogP contribution in [-0.4, -0.2) is 40.2 Å². The summed E-state index contributed by atoms with van der Waals surface area (Å²) in [4.78, 5) is 18.8. The Morgan fingerprint density at radius 3 is 1.16 bits per heavy atom. The molecule has 16 aliphatic heterocycles. The number of benzene rings is 10. The third-order valence-corrected chi connectivity index (χ3v) is 35.6. The molecular weight excluding hydrogens is 1660 g/mol. The molecule has 27 heterocycles. The number of pyridine rings is 6. The number of hydrogen-bond acceptors (Lipinski definition) is 5. The Labute approximate surface area is 765 Å². The lowest BCUT2D eigenvalue weighted by Crippen LogP contribution is -2.85. The van der Waals surface area contributed by atoms with Gasteiger partial charge in [0, 0.05) is 121 Å². The summed E-state index contributed by atoms with van der Waals surface area (Å²) in [5, 5.41) is 17.5. The number of hydrogen-bond donors (Lipinski definition) is 2. The lowest BCUT2D eigenvalue weighted by molar-refractivity contribution is -0.972. The largest absolute Gasteiger partial charge is 0.667 e. The topological polar surface area (TPSA) is 112 Å². The zero-order chi connectivity index (χ0) is 85.5. The van der Waals surface area contributed by atoms with Gasteiger partial charge in [0.05, 0.1) is 130 Å². The normalized spacial score (nSPS) is 24.0. The van der Waals surface area contributed by atoms with E-state index in [1.807, 2.05) is 0 Å². The summed E-state index contributed by atoms with van der Waals surface area (Å²) in [5.41, 5.74) is 53.0. The Morgan fingerprint density at radius 1 is 0.304 bits per heavy atom. The van der Waals surface area contributed by atoms with Crippen LogP contribution in [0.4, 0.5) is 0 Å². The first-order valence-electron chi connectivity index (χ1n) is 47.9. The van der Waals surface area contributed by atoms with Crippen LogP contribution >= 0.6 is 0 Å². The summed E-state index contributed by atoms with van der Waals surface area (Å²) in [5.74, 6) is -0.875. The highest BCUT2D eigenvalue weighted by Crippen LogP contribution is 2.64. The fraction of sp³-hybridized carbons (Fsp3) is 0.102. The quantitative estimate of drug-likeness (QED) is 0.162. The van der Waals surface area contributed by atoms with Crippen LogP contribution in [0.2, 0.25) is 0 Å². The second kappa shape index (κ2) is 20.4. The number of fused-ring (bicyclic) bond motifs is 15. The van der Waals surface area contributed by atoms with Crippen molar-refractivity contribution in [1.29, 1.82) is 0 Å². The van der Waals surface area contributed by atoms with Crippen LogP contribution in [-0.2, 0) is 17.7 Å². The molecule has 0 amide bonds. The monoisotopic (exact) mass is 1720 g/mol. The first-order chi connectivity index (χ1) is 67.0. The maximum Gasteiger partial charge on any atom is 0.667 e. The van der Waals surface area contributed by atoms with Gasteiger partial charge in [-0.3, -0.25) is 15.0 Å². The highest BCUT2D eigenvalue weighted by Gasteiger charge is 2.84. The summed E-state index contributed by atoms with van der Waals surface area (Å²) >= 11 is 0. The van der Waals surface area contributed by atoms with E-state index in [4.69, 9.17) is 15.0 Å². The summed E-state index contributed by atoms with van der Waals surface area (Å²) in [6.07, 6.45) is 3.21. The maximum absolute atomic E-state index is 6.34. The third-order valence-electron chi connectivity index (χ3n) is 35.6. The van der Waals surface area contributed by atoms with Gasteiger partial charge in [0.15, 0.2) is 0 Å². The van der Waals surface area contributed by atoms with Gasteiger partial charge in [-0.1, -0.05) is 176 Å². The van der Waals surface area contributed by atoms with E-state index in [1.54, 1.807) is 0 Å². The predicted octanol–water partition coefficient (Wildman–Crippen LogP) is 16.2. The molecule has 0 radical (unpaired) electrons. The molecule has 17 heteroatoms. The summed E-state index contributed by atoms with van der Waals surface area (Å²) < 4.78 is 33.2. The molecule has 21 aromatic rings. The molecule has 2 N–H and O–H groups in total. The molecule has 3 aliphatic carbocycles. The van der Waals surface area contributed by atoms with Crippen molar-refractivity contribution in [2.75, 3.05) is 0 Å². The van der Waals surface area contributed by atoms with Crippen molar-refractivity contribution in [3.05, 3.63) is 433 Å². The van der Waals surface area contributed by atoms with Gasteiger partial charge in [0.2, 0.25) is 45.2 Å². The highest BCUT2D eigenvalue weighted by molar-refractivity contribution is 6.13. The second-order valence-electron chi connectivity index (χ2n) is 40.9. The molecule has 11 atom stereocenters. The van der Waals surface area contributed by atoms with Gasteiger partial charge in [0.1, 0.15) is 29.3 Å². The van der Waals surface area contributed by atoms with Crippen LogP contribution in [0.15, 0.2) is 342 Å². The molecule has 40 rings (SSSR count). The third kappa shape index (κ3) is 6.34. The number of amidine groups is 2. The van der Waals surface area contributed by atoms with Gasteiger partial charge >= 0.3 is 17.7 Å². The molecule has 19 aliphatic rings. The van der Waals surface area contributed by atoms with Gasteiger partial charge in [-0.05, 0) is 170 Å². The molecule has 616 valence electrons.